The lowest BCUT2D eigenvalue weighted by molar-refractivity contribution is -0.199. The van der Waals surface area contributed by atoms with Gasteiger partial charge in [0.25, 0.3) is 11.8 Å². The second kappa shape index (κ2) is 7.30. The Hall–Kier alpha value is -1.24. The minimum absolute atomic E-state index is 0.289. The van der Waals surface area contributed by atoms with E-state index in [1.54, 1.807) is 0 Å². The van der Waals surface area contributed by atoms with Crippen molar-refractivity contribution >= 4 is 11.8 Å². The Morgan fingerprint density at radius 1 is 0.741 bits per heavy atom. The van der Waals surface area contributed by atoms with Crippen molar-refractivity contribution in [2.45, 2.75) is 110 Å². The molecule has 0 N–H and O–H groups in total. The first-order chi connectivity index (χ1) is 12.1. The monoisotopic (exact) mass is 381 g/mol. The van der Waals surface area contributed by atoms with Crippen molar-refractivity contribution in [3.05, 3.63) is 12.2 Å². The highest BCUT2D eigenvalue weighted by Gasteiger charge is 2.53. The summed E-state index contributed by atoms with van der Waals surface area (Å²) in [6.07, 6.45) is 1.96. The summed E-state index contributed by atoms with van der Waals surface area (Å²) in [6, 6.07) is -0.432. The third kappa shape index (κ3) is 5.87. The zero-order valence-corrected chi connectivity index (χ0v) is 18.2. The molecule has 6 nitrogen and oxygen atoms in total. The van der Waals surface area contributed by atoms with E-state index in [4.69, 9.17) is 14.2 Å². The first kappa shape index (κ1) is 22.1. The van der Waals surface area contributed by atoms with Gasteiger partial charge >= 0.3 is 0 Å². The van der Waals surface area contributed by atoms with E-state index in [9.17, 15) is 9.59 Å². The SMILES string of the molecule is CC(C)(C)OC1C[C@H](N2C(=O)C=CC2=O)[C@H](OC(C)(C)C)[C@H]1OC(C)(C)C. The number of ether oxygens (including phenoxy) is 3. The molecule has 6 heteroatoms. The summed E-state index contributed by atoms with van der Waals surface area (Å²) >= 11 is 0. The number of hydrogen-bond donors (Lipinski definition) is 0. The Morgan fingerprint density at radius 3 is 1.56 bits per heavy atom. The normalized spacial score (nSPS) is 29.9. The average molecular weight is 382 g/mol. The average Bonchev–Trinajstić information content (AvgIpc) is 2.88. The first-order valence-corrected chi connectivity index (χ1v) is 9.66. The summed E-state index contributed by atoms with van der Waals surface area (Å²) < 4.78 is 19.0. The molecule has 1 unspecified atom stereocenters. The molecule has 0 bridgehead atoms. The van der Waals surface area contributed by atoms with Crippen LogP contribution in [0.15, 0.2) is 12.2 Å². The second-order valence-corrected chi connectivity index (χ2v) is 10.3. The van der Waals surface area contributed by atoms with Crippen LogP contribution in [0.1, 0.15) is 68.7 Å². The molecule has 1 aliphatic carbocycles. The predicted molar refractivity (Wildman–Crippen MR) is 103 cm³/mol. The van der Waals surface area contributed by atoms with Gasteiger partial charge in [-0.15, -0.1) is 0 Å². The van der Waals surface area contributed by atoms with Gasteiger partial charge in [-0.3, -0.25) is 14.5 Å². The molecule has 2 aliphatic rings. The van der Waals surface area contributed by atoms with E-state index in [0.717, 1.165) is 0 Å². The van der Waals surface area contributed by atoms with Crippen LogP contribution in [0.3, 0.4) is 0 Å². The van der Waals surface area contributed by atoms with Crippen LogP contribution in [0.4, 0.5) is 0 Å². The van der Waals surface area contributed by atoms with Gasteiger partial charge in [-0.05, 0) is 68.7 Å². The number of carbonyl (C=O) groups is 2. The van der Waals surface area contributed by atoms with E-state index < -0.39 is 29.5 Å². The fourth-order valence-corrected chi connectivity index (χ4v) is 3.60. The molecule has 1 aliphatic heterocycles. The van der Waals surface area contributed by atoms with Crippen LogP contribution in [0.5, 0.6) is 0 Å². The molecule has 0 aromatic carbocycles. The van der Waals surface area contributed by atoms with E-state index in [1.165, 1.54) is 17.1 Å². The van der Waals surface area contributed by atoms with Gasteiger partial charge in [-0.2, -0.15) is 0 Å². The zero-order valence-electron chi connectivity index (χ0n) is 18.2. The van der Waals surface area contributed by atoms with Crippen LogP contribution < -0.4 is 0 Å². The number of amides is 2. The van der Waals surface area contributed by atoms with E-state index in [1.807, 2.05) is 62.3 Å². The van der Waals surface area contributed by atoms with Crippen LogP contribution in [-0.2, 0) is 23.8 Å². The predicted octanol–water partition coefficient (Wildman–Crippen LogP) is 3.23. The smallest absolute Gasteiger partial charge is 0.253 e. The number of nitrogens with zero attached hydrogens (tertiary/aromatic N) is 1. The van der Waals surface area contributed by atoms with Crippen LogP contribution in [0.2, 0.25) is 0 Å². The molecule has 0 aromatic heterocycles. The lowest BCUT2D eigenvalue weighted by Gasteiger charge is -2.38. The Balaban J connectivity index is 2.41. The molecular weight excluding hydrogens is 346 g/mol. The molecule has 2 rings (SSSR count). The quantitative estimate of drug-likeness (QED) is 0.700. The summed E-state index contributed by atoms with van der Waals surface area (Å²) in [5.41, 5.74) is -1.27. The van der Waals surface area contributed by atoms with E-state index in [0.29, 0.717) is 6.42 Å². The fraction of sp³-hybridized carbons (Fsp3) is 0.810. The summed E-state index contributed by atoms with van der Waals surface area (Å²) in [5, 5.41) is 0. The van der Waals surface area contributed by atoms with Gasteiger partial charge in [0.2, 0.25) is 0 Å². The van der Waals surface area contributed by atoms with Crippen molar-refractivity contribution in [1.29, 1.82) is 0 Å². The Kier molecular flexibility index (Phi) is 5.96. The van der Waals surface area contributed by atoms with Gasteiger partial charge in [0, 0.05) is 12.2 Å². The number of hydrogen-bond acceptors (Lipinski definition) is 5. The highest BCUT2D eigenvalue weighted by Crippen LogP contribution is 2.38. The maximum absolute atomic E-state index is 12.3. The maximum atomic E-state index is 12.3. The molecule has 0 aromatic rings. The van der Waals surface area contributed by atoms with Gasteiger partial charge in [0.05, 0.1) is 28.9 Å². The third-order valence-corrected chi connectivity index (χ3v) is 4.20. The molecule has 1 fully saturated rings. The Bertz CT molecular complexity index is 588. The van der Waals surface area contributed by atoms with Gasteiger partial charge in [-0.1, -0.05) is 0 Å². The third-order valence-electron chi connectivity index (χ3n) is 4.20. The molecular formula is C21H35NO5. The molecule has 0 spiro atoms. The highest BCUT2D eigenvalue weighted by molar-refractivity contribution is 6.13. The molecule has 4 atom stereocenters. The molecule has 27 heavy (non-hydrogen) atoms. The minimum Gasteiger partial charge on any atom is -0.370 e. The van der Waals surface area contributed by atoms with Crippen molar-refractivity contribution in [2.24, 2.45) is 0 Å². The zero-order chi connectivity index (χ0) is 20.8. The fourth-order valence-electron chi connectivity index (χ4n) is 3.60. The van der Waals surface area contributed by atoms with Crippen LogP contribution in [0.25, 0.3) is 0 Å². The van der Waals surface area contributed by atoms with Gasteiger partial charge in [0.15, 0.2) is 0 Å². The van der Waals surface area contributed by atoms with Gasteiger partial charge in [0.1, 0.15) is 12.2 Å². The standard InChI is InChI=1S/C21H35NO5/c1-19(2,3)25-14-12-13(22-15(23)10-11-16(22)24)17(26-20(4,5)6)18(14)27-21(7,8)9/h10-11,13-14,17-18H,12H2,1-9H3/t13-,14?,17-,18-/m0/s1. The van der Waals surface area contributed by atoms with Crippen molar-refractivity contribution in [2.75, 3.05) is 0 Å². The number of rotatable bonds is 4. The van der Waals surface area contributed by atoms with E-state index in [2.05, 4.69) is 0 Å². The highest BCUT2D eigenvalue weighted by atomic mass is 16.6. The molecule has 2 amide bonds. The minimum atomic E-state index is -0.468. The summed E-state index contributed by atoms with van der Waals surface area (Å²) in [5.74, 6) is -0.614. The molecule has 0 radical (unpaired) electrons. The molecule has 1 heterocycles. The van der Waals surface area contributed by atoms with E-state index >= 15 is 0 Å². The summed E-state index contributed by atoms with van der Waals surface area (Å²) in [4.78, 5) is 26.0. The van der Waals surface area contributed by atoms with Gasteiger partial charge < -0.3 is 14.2 Å². The first-order valence-electron chi connectivity index (χ1n) is 9.66. The largest absolute Gasteiger partial charge is 0.370 e. The van der Waals surface area contributed by atoms with Gasteiger partial charge in [-0.25, -0.2) is 0 Å². The number of carbonyl (C=O) groups excluding carboxylic acids is 2. The van der Waals surface area contributed by atoms with Crippen molar-refractivity contribution in [3.8, 4) is 0 Å². The maximum Gasteiger partial charge on any atom is 0.253 e. The van der Waals surface area contributed by atoms with Crippen LogP contribution in [0, 0.1) is 0 Å². The van der Waals surface area contributed by atoms with E-state index in [-0.39, 0.29) is 23.5 Å². The lowest BCUT2D eigenvalue weighted by atomic mass is 10.1. The second-order valence-electron chi connectivity index (χ2n) is 10.3. The lowest BCUT2D eigenvalue weighted by Crippen LogP contribution is -2.52. The van der Waals surface area contributed by atoms with Crippen molar-refractivity contribution in [1.82, 2.24) is 4.90 Å². The number of imide groups is 1. The Labute approximate surface area is 163 Å². The van der Waals surface area contributed by atoms with Crippen molar-refractivity contribution in [3.63, 3.8) is 0 Å². The summed E-state index contributed by atoms with van der Waals surface area (Å²) in [6.45, 7) is 17.8. The molecule has 0 saturated heterocycles. The molecule has 1 saturated carbocycles. The summed E-state index contributed by atoms with van der Waals surface area (Å²) in [7, 11) is 0. The van der Waals surface area contributed by atoms with Crippen LogP contribution in [-0.4, -0.2) is 57.9 Å². The van der Waals surface area contributed by atoms with Crippen LogP contribution >= 0.6 is 0 Å². The van der Waals surface area contributed by atoms with Crippen molar-refractivity contribution < 1.29 is 23.8 Å². The topological polar surface area (TPSA) is 65.1 Å². The Morgan fingerprint density at radius 2 is 1.15 bits per heavy atom. The molecule has 154 valence electrons.